The lowest BCUT2D eigenvalue weighted by atomic mass is 9.98. The number of hydrogen-bond donors (Lipinski definition) is 1. The van der Waals surface area contributed by atoms with Crippen molar-refractivity contribution in [3.05, 3.63) is 108 Å². The van der Waals surface area contributed by atoms with E-state index in [1.165, 1.54) is 0 Å². The number of methoxy groups -OCH3 is 1. The van der Waals surface area contributed by atoms with Gasteiger partial charge in [-0.1, -0.05) is 54.6 Å². The summed E-state index contributed by atoms with van der Waals surface area (Å²) in [5.41, 5.74) is 4.89. The summed E-state index contributed by atoms with van der Waals surface area (Å²) in [5, 5.41) is 7.49. The van der Waals surface area contributed by atoms with Gasteiger partial charge in [-0.3, -0.25) is 14.4 Å². The zero-order chi connectivity index (χ0) is 25.5. The smallest absolute Gasteiger partial charge is 0.251 e. The van der Waals surface area contributed by atoms with Crippen molar-refractivity contribution in [2.75, 3.05) is 40.0 Å². The van der Waals surface area contributed by atoms with Gasteiger partial charge in [-0.05, 0) is 46.5 Å². The third kappa shape index (κ3) is 6.07. The average Bonchev–Trinajstić information content (AvgIpc) is 3.47. The van der Waals surface area contributed by atoms with Crippen LogP contribution in [0.1, 0.15) is 27.5 Å². The molecule has 1 aromatic heterocycles. The standard InChI is InChI=1S/C30H32N4O3/c1-36-26-13-11-25(12-14-26)29(33-17-19-37-20-18-33)21-31-30(35)28-6-3-2-5-27(28)24-9-7-23(8-10-24)22-34-16-4-15-32-34/h2-16,29H,17-22H2,1H3,(H,31,35). The molecule has 3 aromatic carbocycles. The van der Waals surface area contributed by atoms with Crippen LogP contribution in [0.3, 0.4) is 0 Å². The van der Waals surface area contributed by atoms with E-state index >= 15 is 0 Å². The molecule has 0 spiro atoms. The number of nitrogens with zero attached hydrogens (tertiary/aromatic N) is 3. The Hall–Kier alpha value is -3.94. The zero-order valence-electron chi connectivity index (χ0n) is 21.0. The van der Waals surface area contributed by atoms with Crippen LogP contribution >= 0.6 is 0 Å². The largest absolute Gasteiger partial charge is 0.497 e. The van der Waals surface area contributed by atoms with Crippen molar-refractivity contribution in [3.63, 3.8) is 0 Å². The van der Waals surface area contributed by atoms with Crippen molar-refractivity contribution in [1.82, 2.24) is 20.0 Å². The summed E-state index contributed by atoms with van der Waals surface area (Å²) in [6.45, 7) is 4.26. The van der Waals surface area contributed by atoms with Crippen LogP contribution in [0.15, 0.2) is 91.3 Å². The fraction of sp³-hybridized carbons (Fsp3) is 0.267. The third-order valence-corrected chi connectivity index (χ3v) is 6.78. The molecule has 37 heavy (non-hydrogen) atoms. The van der Waals surface area contributed by atoms with Crippen molar-refractivity contribution < 1.29 is 14.3 Å². The molecule has 1 aliphatic rings. The predicted octanol–water partition coefficient (Wildman–Crippen LogP) is 4.41. The predicted molar refractivity (Wildman–Crippen MR) is 144 cm³/mol. The van der Waals surface area contributed by atoms with Gasteiger partial charge in [-0.25, -0.2) is 0 Å². The Morgan fingerprint density at radius 3 is 2.46 bits per heavy atom. The summed E-state index contributed by atoms with van der Waals surface area (Å²) in [6.07, 6.45) is 3.73. The number of benzene rings is 3. The Bertz CT molecular complexity index is 1280. The Labute approximate surface area is 217 Å². The van der Waals surface area contributed by atoms with E-state index < -0.39 is 0 Å². The molecule has 5 rings (SSSR count). The lowest BCUT2D eigenvalue weighted by Crippen LogP contribution is -2.43. The first-order valence-electron chi connectivity index (χ1n) is 12.6. The van der Waals surface area contributed by atoms with Crippen LogP contribution in [0.4, 0.5) is 0 Å². The number of ether oxygens (including phenoxy) is 2. The number of amides is 1. The summed E-state index contributed by atoms with van der Waals surface area (Å²) >= 11 is 0. The molecule has 0 bridgehead atoms. The lowest BCUT2D eigenvalue weighted by Gasteiger charge is -2.35. The van der Waals surface area contributed by atoms with Gasteiger partial charge in [-0.15, -0.1) is 0 Å². The molecule has 7 heteroatoms. The summed E-state index contributed by atoms with van der Waals surface area (Å²) in [7, 11) is 1.67. The minimum atomic E-state index is -0.0806. The fourth-order valence-corrected chi connectivity index (χ4v) is 4.76. The van der Waals surface area contributed by atoms with E-state index in [4.69, 9.17) is 9.47 Å². The molecule has 190 valence electrons. The van der Waals surface area contributed by atoms with Gasteiger partial charge < -0.3 is 14.8 Å². The minimum absolute atomic E-state index is 0.0486. The molecule has 0 saturated carbocycles. The van der Waals surface area contributed by atoms with Crippen molar-refractivity contribution in [1.29, 1.82) is 0 Å². The van der Waals surface area contributed by atoms with E-state index in [2.05, 4.69) is 51.7 Å². The van der Waals surface area contributed by atoms with Gasteiger partial charge in [0.15, 0.2) is 0 Å². The van der Waals surface area contributed by atoms with E-state index in [0.717, 1.165) is 41.1 Å². The number of rotatable bonds is 9. The normalized spacial score (nSPS) is 14.7. The fourth-order valence-electron chi connectivity index (χ4n) is 4.76. The van der Waals surface area contributed by atoms with Gasteiger partial charge in [0, 0.05) is 37.6 Å². The molecule has 7 nitrogen and oxygen atoms in total. The highest BCUT2D eigenvalue weighted by molar-refractivity contribution is 6.00. The van der Waals surface area contributed by atoms with Crippen LogP contribution in [-0.2, 0) is 11.3 Å². The molecule has 4 aromatic rings. The second-order valence-electron chi connectivity index (χ2n) is 9.09. The van der Waals surface area contributed by atoms with Crippen molar-refractivity contribution in [3.8, 4) is 16.9 Å². The highest BCUT2D eigenvalue weighted by Crippen LogP contribution is 2.26. The Morgan fingerprint density at radius 1 is 1.00 bits per heavy atom. The molecule has 1 aliphatic heterocycles. The molecular formula is C30H32N4O3. The summed E-state index contributed by atoms with van der Waals surface area (Å²) < 4.78 is 12.8. The molecule has 0 aliphatic carbocycles. The molecule has 1 unspecified atom stereocenters. The maximum Gasteiger partial charge on any atom is 0.251 e. The zero-order valence-corrected chi connectivity index (χ0v) is 21.0. The topological polar surface area (TPSA) is 68.6 Å². The first kappa shape index (κ1) is 24.7. The molecule has 1 amide bonds. The first-order valence-corrected chi connectivity index (χ1v) is 12.6. The summed E-state index contributed by atoms with van der Waals surface area (Å²) in [5.74, 6) is 0.737. The van der Waals surface area contributed by atoms with Gasteiger partial charge in [0.25, 0.3) is 5.91 Å². The number of hydrogen-bond acceptors (Lipinski definition) is 5. The SMILES string of the molecule is COc1ccc(C(CNC(=O)c2ccccc2-c2ccc(Cn3cccn3)cc2)N2CCOCC2)cc1. The van der Waals surface area contributed by atoms with Gasteiger partial charge >= 0.3 is 0 Å². The van der Waals surface area contributed by atoms with Crippen LogP contribution in [0, 0.1) is 0 Å². The Balaban J connectivity index is 1.32. The molecule has 1 N–H and O–H groups in total. The highest BCUT2D eigenvalue weighted by atomic mass is 16.5. The van der Waals surface area contributed by atoms with Gasteiger partial charge in [0.1, 0.15) is 5.75 Å². The van der Waals surface area contributed by atoms with E-state index in [1.54, 1.807) is 13.3 Å². The lowest BCUT2D eigenvalue weighted by molar-refractivity contribution is 0.0162. The van der Waals surface area contributed by atoms with Crippen LogP contribution in [0.2, 0.25) is 0 Å². The van der Waals surface area contributed by atoms with Gasteiger partial charge in [0.2, 0.25) is 0 Å². The van der Waals surface area contributed by atoms with Crippen molar-refractivity contribution in [2.45, 2.75) is 12.6 Å². The van der Waals surface area contributed by atoms with Crippen LogP contribution < -0.4 is 10.1 Å². The van der Waals surface area contributed by atoms with E-state index in [1.807, 2.05) is 53.3 Å². The number of morpholine rings is 1. The first-order chi connectivity index (χ1) is 18.2. The number of carbonyl (C=O) groups is 1. The van der Waals surface area contributed by atoms with E-state index in [9.17, 15) is 4.79 Å². The van der Waals surface area contributed by atoms with Crippen molar-refractivity contribution in [2.24, 2.45) is 0 Å². The third-order valence-electron chi connectivity index (χ3n) is 6.78. The minimum Gasteiger partial charge on any atom is -0.497 e. The second-order valence-corrected chi connectivity index (χ2v) is 9.09. The maximum atomic E-state index is 13.5. The highest BCUT2D eigenvalue weighted by Gasteiger charge is 2.24. The van der Waals surface area contributed by atoms with Crippen molar-refractivity contribution >= 4 is 5.91 Å². The molecular weight excluding hydrogens is 464 g/mol. The van der Waals surface area contributed by atoms with Crippen LogP contribution in [-0.4, -0.2) is 60.5 Å². The van der Waals surface area contributed by atoms with E-state index in [0.29, 0.717) is 31.9 Å². The molecule has 2 heterocycles. The molecule has 1 atom stereocenters. The van der Waals surface area contributed by atoms with Gasteiger partial charge in [0.05, 0.1) is 32.9 Å². The average molecular weight is 497 g/mol. The van der Waals surface area contributed by atoms with Crippen LogP contribution in [0.25, 0.3) is 11.1 Å². The quantitative estimate of drug-likeness (QED) is 0.372. The van der Waals surface area contributed by atoms with Crippen LogP contribution in [0.5, 0.6) is 5.75 Å². The molecule has 1 fully saturated rings. The monoisotopic (exact) mass is 496 g/mol. The van der Waals surface area contributed by atoms with Gasteiger partial charge in [-0.2, -0.15) is 5.10 Å². The number of carbonyl (C=O) groups excluding carboxylic acids is 1. The summed E-state index contributed by atoms with van der Waals surface area (Å²) in [6, 6.07) is 26.1. The summed E-state index contributed by atoms with van der Waals surface area (Å²) in [4.78, 5) is 15.8. The number of aromatic nitrogens is 2. The molecule has 0 radical (unpaired) electrons. The Kier molecular flexibility index (Phi) is 7.93. The Morgan fingerprint density at radius 2 is 1.76 bits per heavy atom. The van der Waals surface area contributed by atoms with E-state index in [-0.39, 0.29) is 11.9 Å². The maximum absolute atomic E-state index is 13.5. The number of nitrogens with one attached hydrogen (secondary N) is 1. The molecule has 1 saturated heterocycles. The second kappa shape index (κ2) is 11.9.